The van der Waals surface area contributed by atoms with E-state index in [9.17, 15) is 13.2 Å². The van der Waals surface area contributed by atoms with Gasteiger partial charge in [-0.25, -0.2) is 9.98 Å². The van der Waals surface area contributed by atoms with Gasteiger partial charge >= 0.3 is 6.18 Å². The third-order valence-corrected chi connectivity index (χ3v) is 6.03. The Morgan fingerprint density at radius 2 is 2.00 bits per heavy atom. The van der Waals surface area contributed by atoms with Crippen molar-refractivity contribution in [2.24, 2.45) is 4.99 Å². The summed E-state index contributed by atoms with van der Waals surface area (Å²) in [6, 6.07) is 14.2. The Morgan fingerprint density at radius 3 is 2.79 bits per heavy atom. The van der Waals surface area contributed by atoms with Crippen LogP contribution in [0.4, 0.5) is 30.4 Å². The molecule has 9 heteroatoms. The Labute approximate surface area is 194 Å². The van der Waals surface area contributed by atoms with Crippen LogP contribution in [0.3, 0.4) is 0 Å². The van der Waals surface area contributed by atoms with Gasteiger partial charge in [0.15, 0.2) is 0 Å². The first-order chi connectivity index (χ1) is 16.3. The smallest absolute Gasteiger partial charge is 0.433 e. The Balaban J connectivity index is 1.34. The van der Waals surface area contributed by atoms with Gasteiger partial charge in [-0.05, 0) is 61.2 Å². The highest BCUT2D eigenvalue weighted by Crippen LogP contribution is 2.40. The highest BCUT2D eigenvalue weighted by atomic mass is 19.4. The number of fused-ring (bicyclic) bond motifs is 2. The van der Waals surface area contributed by atoms with Crippen LogP contribution in [0, 0.1) is 6.92 Å². The number of aryl methyl sites for hydroxylation is 2. The minimum Gasteiger partial charge on any atom is -0.496 e. The summed E-state index contributed by atoms with van der Waals surface area (Å²) in [4.78, 5) is 8.53. The number of rotatable bonds is 4. The van der Waals surface area contributed by atoms with E-state index in [4.69, 9.17) is 14.5 Å². The molecule has 1 aliphatic heterocycles. The predicted octanol–water partition coefficient (Wildman–Crippen LogP) is 6.15. The largest absolute Gasteiger partial charge is 0.496 e. The first-order valence-corrected chi connectivity index (χ1v) is 10.9. The third kappa shape index (κ3) is 4.25. The molecule has 2 N–H and O–H groups in total. The predicted molar refractivity (Wildman–Crippen MR) is 124 cm³/mol. The van der Waals surface area contributed by atoms with Crippen LogP contribution in [0.5, 0.6) is 5.75 Å². The Hall–Kier alpha value is -3.75. The number of hydrogen-bond donors (Lipinski definition) is 2. The van der Waals surface area contributed by atoms with Crippen molar-refractivity contribution in [1.82, 2.24) is 4.98 Å². The average Bonchev–Trinajstić information content (AvgIpc) is 3.23. The number of pyridine rings is 1. The van der Waals surface area contributed by atoms with Crippen molar-refractivity contribution in [3.8, 4) is 5.75 Å². The minimum absolute atomic E-state index is 0.0499. The van der Waals surface area contributed by atoms with E-state index in [1.54, 1.807) is 20.1 Å². The highest BCUT2D eigenvalue weighted by molar-refractivity contribution is 5.92. The second-order valence-corrected chi connectivity index (χ2v) is 8.29. The number of nitrogens with zero attached hydrogens (tertiary/aromatic N) is 2. The number of methoxy groups -OCH3 is 1. The summed E-state index contributed by atoms with van der Waals surface area (Å²) in [5, 5.41) is 6.21. The lowest BCUT2D eigenvalue weighted by atomic mass is 10.1. The minimum atomic E-state index is -4.50. The quantitative estimate of drug-likeness (QED) is 0.481. The third-order valence-electron chi connectivity index (χ3n) is 6.03. The molecule has 6 nitrogen and oxygen atoms in total. The van der Waals surface area contributed by atoms with E-state index in [0.29, 0.717) is 17.3 Å². The summed E-state index contributed by atoms with van der Waals surface area (Å²) in [6.45, 7) is 1.99. The molecule has 1 aliphatic carbocycles. The van der Waals surface area contributed by atoms with Crippen molar-refractivity contribution in [2.75, 3.05) is 17.7 Å². The monoisotopic (exact) mass is 468 g/mol. The van der Waals surface area contributed by atoms with Gasteiger partial charge in [-0.1, -0.05) is 18.2 Å². The van der Waals surface area contributed by atoms with Gasteiger partial charge in [-0.15, -0.1) is 0 Å². The van der Waals surface area contributed by atoms with Gasteiger partial charge in [0, 0.05) is 22.5 Å². The van der Waals surface area contributed by atoms with Gasteiger partial charge in [0.1, 0.15) is 23.9 Å². The fourth-order valence-corrected chi connectivity index (χ4v) is 4.30. The number of hydrogen-bond acceptors (Lipinski definition) is 5. The maximum Gasteiger partial charge on any atom is 0.433 e. The fraction of sp³-hybridized carbons (Fsp3) is 0.280. The van der Waals surface area contributed by atoms with E-state index in [-0.39, 0.29) is 18.5 Å². The maximum absolute atomic E-state index is 13.0. The summed E-state index contributed by atoms with van der Waals surface area (Å²) in [5.41, 5.74) is 4.32. The molecule has 0 amide bonds. The summed E-state index contributed by atoms with van der Waals surface area (Å²) in [7, 11) is 1.66. The number of anilines is 3. The summed E-state index contributed by atoms with van der Waals surface area (Å²) in [6.07, 6.45) is -2.69. The number of benzene rings is 2. The number of nitrogens with one attached hydrogen (secondary N) is 2. The number of aromatic nitrogens is 1. The Morgan fingerprint density at radius 1 is 1.15 bits per heavy atom. The molecule has 0 saturated heterocycles. The first-order valence-electron chi connectivity index (χ1n) is 10.9. The van der Waals surface area contributed by atoms with Gasteiger partial charge in [0.05, 0.1) is 13.2 Å². The zero-order chi connectivity index (χ0) is 23.9. The number of amidine groups is 1. The summed E-state index contributed by atoms with van der Waals surface area (Å²) < 4.78 is 50.5. The molecule has 0 fully saturated rings. The molecule has 1 aromatic heterocycles. The molecule has 3 aromatic rings. The second-order valence-electron chi connectivity index (χ2n) is 8.29. The van der Waals surface area contributed by atoms with Crippen molar-refractivity contribution >= 4 is 23.2 Å². The topological polar surface area (TPSA) is 67.8 Å². The molecule has 2 heterocycles. The molecule has 0 bridgehead atoms. The van der Waals surface area contributed by atoms with Gasteiger partial charge in [0.2, 0.25) is 0 Å². The van der Waals surface area contributed by atoms with Crippen LogP contribution in [0.1, 0.15) is 40.4 Å². The van der Waals surface area contributed by atoms with Gasteiger partial charge in [-0.3, -0.25) is 0 Å². The number of halogens is 3. The van der Waals surface area contributed by atoms with Crippen LogP contribution in [0.25, 0.3) is 0 Å². The lowest BCUT2D eigenvalue weighted by Gasteiger charge is -2.23. The Bertz CT molecular complexity index is 1270. The van der Waals surface area contributed by atoms with Gasteiger partial charge < -0.3 is 20.1 Å². The lowest BCUT2D eigenvalue weighted by Crippen LogP contribution is -2.23. The number of ether oxygens (including phenoxy) is 2. The zero-order valence-electron chi connectivity index (χ0n) is 18.7. The first kappa shape index (κ1) is 22.1. The molecular formula is C25H23F3N4O2. The highest BCUT2D eigenvalue weighted by Gasteiger charge is 2.33. The summed E-state index contributed by atoms with van der Waals surface area (Å²) in [5.74, 6) is 0.991. The van der Waals surface area contributed by atoms with Gasteiger partial charge in [-0.2, -0.15) is 13.2 Å². The zero-order valence-corrected chi connectivity index (χ0v) is 18.7. The van der Waals surface area contributed by atoms with Crippen molar-refractivity contribution in [1.29, 1.82) is 0 Å². The van der Waals surface area contributed by atoms with E-state index in [1.165, 1.54) is 11.6 Å². The van der Waals surface area contributed by atoms with E-state index < -0.39 is 11.9 Å². The Kier molecular flexibility index (Phi) is 5.55. The van der Waals surface area contributed by atoms with Crippen LogP contribution < -0.4 is 15.4 Å². The van der Waals surface area contributed by atoms with Crippen molar-refractivity contribution in [3.05, 3.63) is 76.5 Å². The van der Waals surface area contributed by atoms with Crippen molar-refractivity contribution in [3.63, 3.8) is 0 Å². The number of aliphatic imine (C=N–C) groups is 1. The van der Waals surface area contributed by atoms with Crippen molar-refractivity contribution < 1.29 is 22.6 Å². The van der Waals surface area contributed by atoms with Crippen LogP contribution in [-0.4, -0.2) is 18.1 Å². The van der Waals surface area contributed by atoms with E-state index in [1.807, 2.05) is 24.3 Å². The second kappa shape index (κ2) is 8.55. The fourth-order valence-electron chi connectivity index (χ4n) is 4.30. The molecule has 0 saturated carbocycles. The molecule has 1 unspecified atom stereocenters. The molecule has 2 aromatic carbocycles. The molecular weight excluding hydrogens is 445 g/mol. The average molecular weight is 468 g/mol. The standard InChI is InChI=1S/C25H23F3N4O2/c1-14-6-11-21(25(26,27)28)32-23(14)29-17-8-10-18-16(12-17)13-34-24(30-18)31-19-9-7-15-4-3-5-20(33-2)22(15)19/h3-6,8,10-12,19H,7,9,13H2,1-2H3,(H,29,32)(H,30,31). The van der Waals surface area contributed by atoms with Crippen molar-refractivity contribution in [2.45, 2.75) is 38.6 Å². The maximum atomic E-state index is 13.0. The van der Waals surface area contributed by atoms with Crippen LogP contribution in [0.15, 0.2) is 53.5 Å². The van der Waals surface area contributed by atoms with E-state index >= 15 is 0 Å². The molecule has 0 radical (unpaired) electrons. The summed E-state index contributed by atoms with van der Waals surface area (Å²) >= 11 is 0. The molecule has 1 atom stereocenters. The molecule has 34 heavy (non-hydrogen) atoms. The number of alkyl halides is 3. The lowest BCUT2D eigenvalue weighted by molar-refractivity contribution is -0.141. The normalized spacial score (nSPS) is 18.0. The molecule has 2 aliphatic rings. The van der Waals surface area contributed by atoms with Crippen LogP contribution in [0.2, 0.25) is 0 Å². The van der Waals surface area contributed by atoms with Gasteiger partial charge in [0.25, 0.3) is 6.02 Å². The van der Waals surface area contributed by atoms with Crippen LogP contribution >= 0.6 is 0 Å². The van der Waals surface area contributed by atoms with Crippen LogP contribution in [-0.2, 0) is 23.9 Å². The SMILES string of the molecule is COc1cccc2c1C(N=C1Nc3ccc(Nc4nc(C(F)(F)F)ccc4C)cc3CO1)CC2. The molecule has 0 spiro atoms. The molecule has 5 rings (SSSR count). The van der Waals surface area contributed by atoms with E-state index in [0.717, 1.165) is 41.5 Å². The molecule has 176 valence electrons. The van der Waals surface area contributed by atoms with E-state index in [2.05, 4.69) is 21.7 Å².